The molecule has 0 atom stereocenters. The van der Waals surface area contributed by atoms with Crippen LogP contribution < -0.4 is 4.90 Å². The summed E-state index contributed by atoms with van der Waals surface area (Å²) >= 11 is 6.46. The minimum Gasteiger partial charge on any atom is -0.447 e. The van der Waals surface area contributed by atoms with Crippen LogP contribution in [0.1, 0.15) is 24.2 Å². The predicted molar refractivity (Wildman–Crippen MR) is 107 cm³/mol. The molecule has 1 aliphatic heterocycles. The molecular weight excluding hydrogens is 395 g/mol. The highest BCUT2D eigenvalue weighted by Gasteiger charge is 2.50. The van der Waals surface area contributed by atoms with Crippen LogP contribution in [-0.2, 0) is 17.2 Å². The third-order valence-corrected chi connectivity index (χ3v) is 6.04. The third-order valence-electron chi connectivity index (χ3n) is 5.71. The summed E-state index contributed by atoms with van der Waals surface area (Å²) in [5.41, 5.74) is 2.17. The van der Waals surface area contributed by atoms with Crippen LogP contribution in [-0.4, -0.2) is 34.0 Å². The molecule has 3 aromatic rings. The minimum absolute atomic E-state index is 0.253. The highest BCUT2D eigenvalue weighted by atomic mass is 35.5. The van der Waals surface area contributed by atoms with E-state index in [1.165, 1.54) is 12.1 Å². The molecule has 1 saturated carbocycles. The normalized spacial score (nSPS) is 17.5. The van der Waals surface area contributed by atoms with Gasteiger partial charge in [0.05, 0.1) is 17.0 Å². The molecule has 0 N–H and O–H groups in total. The largest absolute Gasteiger partial charge is 0.447 e. The van der Waals surface area contributed by atoms with Gasteiger partial charge in [-0.05, 0) is 48.7 Å². The number of amides is 1. The van der Waals surface area contributed by atoms with E-state index >= 15 is 0 Å². The quantitative estimate of drug-likeness (QED) is 0.640. The Labute approximate surface area is 171 Å². The summed E-state index contributed by atoms with van der Waals surface area (Å²) in [6.45, 7) is 0.864. The van der Waals surface area contributed by atoms with Gasteiger partial charge in [-0.15, -0.1) is 10.2 Å². The second kappa shape index (κ2) is 6.56. The first-order valence-electron chi connectivity index (χ1n) is 9.40. The van der Waals surface area contributed by atoms with Gasteiger partial charge in [0.15, 0.2) is 5.82 Å². The van der Waals surface area contributed by atoms with Gasteiger partial charge in [-0.3, -0.25) is 4.90 Å². The molecule has 0 radical (unpaired) electrons. The van der Waals surface area contributed by atoms with E-state index in [0.717, 1.165) is 24.2 Å². The number of carbonyl (C=O) groups is 1. The Kier molecular flexibility index (Phi) is 4.10. The summed E-state index contributed by atoms with van der Waals surface area (Å²) in [6.07, 6.45) is 1.49. The van der Waals surface area contributed by atoms with Crippen LogP contribution in [0.5, 0.6) is 0 Å². The van der Waals surface area contributed by atoms with Gasteiger partial charge < -0.3 is 9.30 Å². The Morgan fingerprint density at radius 2 is 1.90 bits per heavy atom. The van der Waals surface area contributed by atoms with Gasteiger partial charge in [0.2, 0.25) is 0 Å². The lowest BCUT2D eigenvalue weighted by Crippen LogP contribution is -2.23. The van der Waals surface area contributed by atoms with Crippen LogP contribution in [0.25, 0.3) is 11.4 Å². The van der Waals surface area contributed by atoms with E-state index in [2.05, 4.69) is 10.2 Å². The molecule has 1 saturated heterocycles. The highest BCUT2D eigenvalue weighted by Crippen LogP contribution is 2.53. The number of cyclic esters (lactones) is 1. The van der Waals surface area contributed by atoms with Crippen LogP contribution in [0, 0.1) is 5.82 Å². The molecule has 6 nitrogen and oxygen atoms in total. The van der Waals surface area contributed by atoms with Crippen LogP contribution >= 0.6 is 11.6 Å². The van der Waals surface area contributed by atoms with Crippen LogP contribution in [0.4, 0.5) is 14.9 Å². The molecule has 1 aliphatic carbocycles. The van der Waals surface area contributed by atoms with Crippen molar-refractivity contribution in [1.82, 2.24) is 14.8 Å². The van der Waals surface area contributed by atoms with Gasteiger partial charge in [0, 0.05) is 18.3 Å². The number of aromatic nitrogens is 3. The van der Waals surface area contributed by atoms with Gasteiger partial charge >= 0.3 is 6.09 Å². The summed E-state index contributed by atoms with van der Waals surface area (Å²) in [6, 6.07) is 11.9. The number of benzene rings is 2. The highest BCUT2D eigenvalue weighted by molar-refractivity contribution is 6.33. The van der Waals surface area contributed by atoms with Crippen LogP contribution in [0.3, 0.4) is 0 Å². The van der Waals surface area contributed by atoms with Crippen LogP contribution in [0.2, 0.25) is 5.02 Å². The van der Waals surface area contributed by atoms with Crippen molar-refractivity contribution in [3.8, 4) is 11.4 Å². The Balaban J connectivity index is 1.55. The zero-order chi connectivity index (χ0) is 20.2. The Morgan fingerprint density at radius 1 is 1.14 bits per heavy atom. The summed E-state index contributed by atoms with van der Waals surface area (Å²) in [4.78, 5) is 13.5. The van der Waals surface area contributed by atoms with E-state index in [9.17, 15) is 9.18 Å². The summed E-state index contributed by atoms with van der Waals surface area (Å²) in [5, 5.41) is 9.39. The van der Waals surface area contributed by atoms with Crippen molar-refractivity contribution in [1.29, 1.82) is 0 Å². The lowest BCUT2D eigenvalue weighted by Gasteiger charge is -2.17. The fraction of sp³-hybridized carbons (Fsp3) is 0.286. The van der Waals surface area contributed by atoms with Crippen molar-refractivity contribution in [2.45, 2.75) is 18.3 Å². The third kappa shape index (κ3) is 2.88. The van der Waals surface area contributed by atoms with E-state index in [1.54, 1.807) is 17.0 Å². The second-order valence-corrected chi connectivity index (χ2v) is 7.83. The molecule has 0 unspecified atom stereocenters. The van der Waals surface area contributed by atoms with E-state index in [0.29, 0.717) is 35.2 Å². The van der Waals surface area contributed by atoms with E-state index < -0.39 is 0 Å². The van der Waals surface area contributed by atoms with Gasteiger partial charge in [0.1, 0.15) is 18.2 Å². The van der Waals surface area contributed by atoms with Gasteiger partial charge in [-0.1, -0.05) is 23.7 Å². The van der Waals surface area contributed by atoms with Gasteiger partial charge in [-0.2, -0.15) is 0 Å². The Hall–Kier alpha value is -2.93. The van der Waals surface area contributed by atoms with Crippen molar-refractivity contribution >= 4 is 23.4 Å². The standard InChI is InChI=1S/C21H18ClFN4O2/c1-26-18(16-12-15(6-7-17(16)22)27-10-11-29-20(27)28)24-25-19(26)21(8-9-21)13-2-4-14(23)5-3-13/h2-7,12H,8-11H2,1H3. The molecule has 0 spiro atoms. The van der Waals surface area contributed by atoms with Crippen LogP contribution in [0.15, 0.2) is 42.5 Å². The molecule has 5 rings (SSSR count). The molecule has 2 aliphatic rings. The second-order valence-electron chi connectivity index (χ2n) is 7.43. The lowest BCUT2D eigenvalue weighted by atomic mass is 9.95. The minimum atomic E-state index is -0.370. The van der Waals surface area contributed by atoms with Crippen molar-refractivity contribution in [2.75, 3.05) is 18.1 Å². The molecule has 2 fully saturated rings. The molecule has 0 bridgehead atoms. The first kappa shape index (κ1) is 18.1. The lowest BCUT2D eigenvalue weighted by molar-refractivity contribution is 0.181. The zero-order valence-electron chi connectivity index (χ0n) is 15.7. The number of halogens is 2. The summed E-state index contributed by atoms with van der Waals surface area (Å²) in [7, 11) is 1.90. The van der Waals surface area contributed by atoms with Crippen molar-refractivity contribution in [3.05, 3.63) is 64.7 Å². The number of rotatable bonds is 4. The van der Waals surface area contributed by atoms with E-state index in [-0.39, 0.29) is 17.3 Å². The average Bonchev–Trinajstić information content (AvgIpc) is 3.25. The summed E-state index contributed by atoms with van der Waals surface area (Å²) < 4.78 is 20.3. The smallest absolute Gasteiger partial charge is 0.414 e. The molecule has 29 heavy (non-hydrogen) atoms. The zero-order valence-corrected chi connectivity index (χ0v) is 16.5. The maximum absolute atomic E-state index is 13.4. The molecule has 2 heterocycles. The molecular formula is C21H18ClFN4O2. The number of carbonyl (C=O) groups excluding carboxylic acids is 1. The fourth-order valence-electron chi connectivity index (χ4n) is 4.00. The maximum Gasteiger partial charge on any atom is 0.414 e. The molecule has 1 aromatic heterocycles. The number of hydrogen-bond donors (Lipinski definition) is 0. The Bertz CT molecular complexity index is 1110. The number of nitrogens with zero attached hydrogens (tertiary/aromatic N) is 4. The summed E-state index contributed by atoms with van der Waals surface area (Å²) in [5.74, 6) is 1.18. The maximum atomic E-state index is 13.4. The monoisotopic (exact) mass is 412 g/mol. The number of anilines is 1. The number of ether oxygens (including phenoxy) is 1. The predicted octanol–water partition coefficient (Wildman–Crippen LogP) is 4.31. The topological polar surface area (TPSA) is 60.2 Å². The fourth-order valence-corrected chi connectivity index (χ4v) is 4.20. The SMILES string of the molecule is Cn1c(-c2cc(N3CCOC3=O)ccc2Cl)nnc1C1(c2ccc(F)cc2)CC1. The van der Waals surface area contributed by atoms with Crippen molar-refractivity contribution < 1.29 is 13.9 Å². The van der Waals surface area contributed by atoms with Crippen molar-refractivity contribution in [2.24, 2.45) is 7.05 Å². The van der Waals surface area contributed by atoms with E-state index in [4.69, 9.17) is 16.3 Å². The molecule has 148 valence electrons. The van der Waals surface area contributed by atoms with E-state index in [1.807, 2.05) is 29.8 Å². The number of hydrogen-bond acceptors (Lipinski definition) is 4. The van der Waals surface area contributed by atoms with Crippen molar-refractivity contribution in [3.63, 3.8) is 0 Å². The first-order chi connectivity index (χ1) is 14.0. The molecule has 8 heteroatoms. The molecule has 1 amide bonds. The first-order valence-corrected chi connectivity index (χ1v) is 9.77. The Morgan fingerprint density at radius 3 is 2.55 bits per heavy atom. The average molecular weight is 413 g/mol. The van der Waals surface area contributed by atoms with Gasteiger partial charge in [0.25, 0.3) is 0 Å². The molecule has 2 aromatic carbocycles. The van der Waals surface area contributed by atoms with Gasteiger partial charge in [-0.25, -0.2) is 9.18 Å².